The zero-order chi connectivity index (χ0) is 34.0. The Morgan fingerprint density at radius 3 is 1.26 bits per heavy atom. The fourth-order valence-electron chi connectivity index (χ4n) is 4.26. The van der Waals surface area contributed by atoms with Gasteiger partial charge in [-0.15, -0.1) is 0 Å². The topological polar surface area (TPSA) is 9.23 Å². The lowest BCUT2D eigenvalue weighted by atomic mass is 10.1. The molecule has 0 radical (unpaired) electrons. The number of rotatable bonds is 1. The highest BCUT2D eigenvalue weighted by atomic mass is 19.4. The summed E-state index contributed by atoms with van der Waals surface area (Å²) in [7, 11) is 1.68. The Labute approximate surface area is 273 Å². The van der Waals surface area contributed by atoms with Crippen molar-refractivity contribution in [3.63, 3.8) is 0 Å². The smallest absolute Gasteiger partial charge is 0.416 e. The summed E-state index contributed by atoms with van der Waals surface area (Å²) in [5, 5.41) is 2.68. The molecule has 0 aliphatic carbocycles. The van der Waals surface area contributed by atoms with Crippen molar-refractivity contribution in [1.29, 1.82) is 0 Å². The number of methoxy groups -OCH3 is 1. The van der Waals surface area contributed by atoms with Gasteiger partial charge < -0.3 is 4.74 Å². The highest BCUT2D eigenvalue weighted by Crippen LogP contribution is 2.31. The number of hydrogen-bond donors (Lipinski definition) is 0. The van der Waals surface area contributed by atoms with Crippen LogP contribution in [0.1, 0.15) is 38.9 Å². The normalized spacial score (nSPS) is 9.96. The van der Waals surface area contributed by atoms with E-state index in [1.807, 2.05) is 49.4 Å². The summed E-state index contributed by atoms with van der Waals surface area (Å²) in [4.78, 5) is 0. The monoisotopic (exact) mass is 622 g/mol. The lowest BCUT2D eigenvalue weighted by Gasteiger charge is -2.08. The van der Waals surface area contributed by atoms with Crippen LogP contribution in [0, 0.1) is 41.5 Å². The van der Waals surface area contributed by atoms with Crippen LogP contribution in [-0.4, -0.2) is 7.11 Å². The number of benzene rings is 6. The van der Waals surface area contributed by atoms with Crippen molar-refractivity contribution < 1.29 is 17.9 Å². The van der Waals surface area contributed by atoms with Crippen molar-refractivity contribution in [2.45, 2.75) is 47.7 Å². The SMILES string of the molecule is COc1ccccc1C.Cc1cccc2ccccc12.Cc1ccccc1.Cc1ccccc1C.Cc1ccccc1C(F)(F)F. The molecule has 6 rings (SSSR count). The highest BCUT2D eigenvalue weighted by Gasteiger charge is 2.31. The molecule has 0 N–H and O–H groups in total. The van der Waals surface area contributed by atoms with Crippen LogP contribution < -0.4 is 4.74 Å². The summed E-state index contributed by atoms with van der Waals surface area (Å²) in [5.74, 6) is 0.956. The van der Waals surface area contributed by atoms with Crippen molar-refractivity contribution in [1.82, 2.24) is 0 Å². The molecule has 6 aromatic carbocycles. The maximum absolute atomic E-state index is 12.0. The van der Waals surface area contributed by atoms with Crippen LogP contribution in [0.2, 0.25) is 0 Å². The van der Waals surface area contributed by atoms with Gasteiger partial charge in [-0.3, -0.25) is 0 Å². The Morgan fingerprint density at radius 2 is 0.848 bits per heavy atom. The van der Waals surface area contributed by atoms with E-state index in [-0.39, 0.29) is 5.56 Å². The molecular weight excluding hydrogens is 577 g/mol. The number of hydrogen-bond acceptors (Lipinski definition) is 1. The molecule has 0 aromatic heterocycles. The van der Waals surface area contributed by atoms with E-state index in [2.05, 4.69) is 107 Å². The predicted molar refractivity (Wildman–Crippen MR) is 190 cm³/mol. The fourth-order valence-corrected chi connectivity index (χ4v) is 4.26. The van der Waals surface area contributed by atoms with E-state index in [1.54, 1.807) is 13.2 Å². The lowest BCUT2D eigenvalue weighted by molar-refractivity contribution is -0.138. The van der Waals surface area contributed by atoms with Crippen LogP contribution in [0.5, 0.6) is 5.75 Å². The first-order chi connectivity index (χ1) is 21.9. The van der Waals surface area contributed by atoms with Crippen molar-refractivity contribution in [3.05, 3.63) is 185 Å². The van der Waals surface area contributed by atoms with Gasteiger partial charge in [-0.2, -0.15) is 13.2 Å². The van der Waals surface area contributed by atoms with Gasteiger partial charge in [0.05, 0.1) is 12.7 Å². The average molecular weight is 623 g/mol. The van der Waals surface area contributed by atoms with E-state index in [9.17, 15) is 13.2 Å². The minimum absolute atomic E-state index is 0.264. The standard InChI is InChI=1S/C11H10.C8H7F3.C8H10O.C8H10.C7H8/c1-9-5-4-7-10-6-2-3-8-11(9)10;1-6-4-2-3-5-7(6)8(9,10)11;1-7-5-3-4-6-8(7)9-2;1-7-5-3-4-6-8(7)2;1-7-5-3-2-4-6-7/h2-8H,1H3;2-5H,1H3;3-6H,1-2H3;3-6H,1-2H3;2-6H,1H3. The first-order valence-corrected chi connectivity index (χ1v) is 15.1. The van der Waals surface area contributed by atoms with Crippen LogP contribution in [0.3, 0.4) is 0 Å². The van der Waals surface area contributed by atoms with E-state index in [4.69, 9.17) is 4.74 Å². The second kappa shape index (κ2) is 19.5. The van der Waals surface area contributed by atoms with Crippen LogP contribution in [-0.2, 0) is 6.18 Å². The molecule has 0 saturated carbocycles. The summed E-state index contributed by atoms with van der Waals surface area (Å²) < 4.78 is 41.2. The van der Waals surface area contributed by atoms with Crippen molar-refractivity contribution in [2.24, 2.45) is 0 Å². The zero-order valence-corrected chi connectivity index (χ0v) is 27.9. The third-order valence-electron chi connectivity index (χ3n) is 7.14. The molecule has 4 heteroatoms. The molecule has 0 bridgehead atoms. The fraction of sp³-hybridized carbons (Fsp3) is 0.190. The van der Waals surface area contributed by atoms with Gasteiger partial charge >= 0.3 is 6.18 Å². The molecule has 0 spiro atoms. The molecule has 6 aromatic rings. The number of halogens is 3. The summed E-state index contributed by atoms with van der Waals surface area (Å²) in [6.07, 6.45) is -4.22. The molecule has 0 heterocycles. The molecule has 0 amide bonds. The van der Waals surface area contributed by atoms with E-state index in [1.165, 1.54) is 57.6 Å². The van der Waals surface area contributed by atoms with Crippen molar-refractivity contribution >= 4 is 10.8 Å². The molecule has 1 nitrogen and oxygen atoms in total. The molecule has 0 aliphatic rings. The minimum Gasteiger partial charge on any atom is -0.496 e. The third-order valence-corrected chi connectivity index (χ3v) is 7.14. The summed E-state index contributed by atoms with van der Waals surface area (Å²) in [6.45, 7) is 11.9. The molecule has 46 heavy (non-hydrogen) atoms. The number of fused-ring (bicyclic) bond motifs is 1. The van der Waals surface area contributed by atoms with Crippen LogP contribution in [0.15, 0.2) is 146 Å². The Hall–Kier alpha value is -4.83. The second-order valence-corrected chi connectivity index (χ2v) is 10.8. The van der Waals surface area contributed by atoms with Crippen molar-refractivity contribution in [2.75, 3.05) is 7.11 Å². The van der Waals surface area contributed by atoms with Gasteiger partial charge in [0.25, 0.3) is 0 Å². The molecule has 0 aliphatic heterocycles. The number of alkyl halides is 3. The van der Waals surface area contributed by atoms with Gasteiger partial charge in [-0.1, -0.05) is 139 Å². The maximum atomic E-state index is 12.0. The van der Waals surface area contributed by atoms with Gasteiger partial charge in [0, 0.05) is 0 Å². The minimum atomic E-state index is -4.22. The molecule has 0 saturated heterocycles. The van der Waals surface area contributed by atoms with Gasteiger partial charge in [0.15, 0.2) is 0 Å². The predicted octanol–water partition coefficient (Wildman–Crippen LogP) is 12.5. The molecule has 0 fully saturated rings. The highest BCUT2D eigenvalue weighted by molar-refractivity contribution is 5.85. The first kappa shape index (κ1) is 37.4. The molecule has 0 unspecified atom stereocenters. The van der Waals surface area contributed by atoms with Crippen LogP contribution in [0.25, 0.3) is 10.8 Å². The molecular formula is C42H45F3O. The Morgan fingerprint density at radius 1 is 0.413 bits per heavy atom. The molecule has 0 atom stereocenters. The van der Waals surface area contributed by atoms with Gasteiger partial charge in [-0.05, 0) is 92.3 Å². The Kier molecular flexibility index (Phi) is 15.9. The average Bonchev–Trinajstić information content (AvgIpc) is 3.04. The third kappa shape index (κ3) is 13.4. The number of aryl methyl sites for hydroxylation is 6. The maximum Gasteiger partial charge on any atom is 0.416 e. The Bertz CT molecular complexity index is 1700. The van der Waals surface area contributed by atoms with Gasteiger partial charge in [-0.25, -0.2) is 0 Å². The van der Waals surface area contributed by atoms with Crippen LogP contribution >= 0.6 is 0 Å². The van der Waals surface area contributed by atoms with E-state index >= 15 is 0 Å². The largest absolute Gasteiger partial charge is 0.496 e. The van der Waals surface area contributed by atoms with E-state index in [0.717, 1.165) is 11.8 Å². The summed E-state index contributed by atoms with van der Waals surface area (Å²) in [6, 6.07) is 46.9. The summed E-state index contributed by atoms with van der Waals surface area (Å²) in [5.41, 5.74) is 6.30. The zero-order valence-electron chi connectivity index (χ0n) is 27.9. The first-order valence-electron chi connectivity index (χ1n) is 15.1. The number of ether oxygens (including phenoxy) is 1. The van der Waals surface area contributed by atoms with E-state index in [0.29, 0.717) is 0 Å². The molecule has 240 valence electrons. The van der Waals surface area contributed by atoms with Crippen molar-refractivity contribution in [3.8, 4) is 5.75 Å². The quantitative estimate of drug-likeness (QED) is 0.177. The number of para-hydroxylation sites is 1. The van der Waals surface area contributed by atoms with E-state index < -0.39 is 11.7 Å². The Balaban J connectivity index is 0.000000202. The van der Waals surface area contributed by atoms with Gasteiger partial charge in [0.2, 0.25) is 0 Å². The van der Waals surface area contributed by atoms with Crippen LogP contribution in [0.4, 0.5) is 13.2 Å². The second-order valence-electron chi connectivity index (χ2n) is 10.8. The lowest BCUT2D eigenvalue weighted by Crippen LogP contribution is -2.06. The van der Waals surface area contributed by atoms with Gasteiger partial charge in [0.1, 0.15) is 5.75 Å². The summed E-state index contributed by atoms with van der Waals surface area (Å²) >= 11 is 0.